The van der Waals surface area contributed by atoms with Crippen LogP contribution in [0.1, 0.15) is 11.1 Å². The summed E-state index contributed by atoms with van der Waals surface area (Å²) in [6, 6.07) is 12.3. The Balaban J connectivity index is 1.82. The molecule has 0 aliphatic carbocycles. The summed E-state index contributed by atoms with van der Waals surface area (Å²) in [6.07, 6.45) is 0. The summed E-state index contributed by atoms with van der Waals surface area (Å²) in [4.78, 5) is 0.287. The highest BCUT2D eigenvalue weighted by atomic mass is 32.2. The molecule has 1 N–H and O–H groups in total. The molecule has 6 heteroatoms. The summed E-state index contributed by atoms with van der Waals surface area (Å²) in [5.74, 6) is 1.24. The number of hydrogen-bond donors (Lipinski definition) is 1. The van der Waals surface area contributed by atoms with Gasteiger partial charge < -0.3 is 9.47 Å². The molecule has 1 aliphatic heterocycles. The van der Waals surface area contributed by atoms with Crippen LogP contribution in [0.4, 0.5) is 0 Å². The molecule has 1 heterocycles. The van der Waals surface area contributed by atoms with E-state index in [0.717, 1.165) is 5.56 Å². The predicted molar refractivity (Wildman–Crippen MR) is 77.8 cm³/mol. The summed E-state index contributed by atoms with van der Waals surface area (Å²) in [6.45, 7) is 2.09. The Bertz CT molecular complexity index is 771. The monoisotopic (exact) mass is 305 g/mol. The fraction of sp³-hybridized carbons (Fsp3) is 0.200. The maximum atomic E-state index is 12.3. The van der Waals surface area contributed by atoms with Crippen LogP contribution >= 0.6 is 0 Å². The average molecular weight is 305 g/mol. The molecule has 0 atom stereocenters. The lowest BCUT2D eigenvalue weighted by Gasteiger charge is -2.10. The molecule has 0 bridgehead atoms. The number of para-hydroxylation sites is 1. The number of sulfonamides is 1. The van der Waals surface area contributed by atoms with Crippen molar-refractivity contribution in [1.82, 2.24) is 4.72 Å². The third kappa shape index (κ3) is 2.72. The lowest BCUT2D eigenvalue weighted by Crippen LogP contribution is -2.24. The molecule has 0 spiro atoms. The largest absolute Gasteiger partial charge is 0.454 e. The van der Waals surface area contributed by atoms with E-state index in [2.05, 4.69) is 4.72 Å². The van der Waals surface area contributed by atoms with Gasteiger partial charge in [0.1, 0.15) is 0 Å². The summed E-state index contributed by atoms with van der Waals surface area (Å²) in [5, 5.41) is 0. The summed E-state index contributed by atoms with van der Waals surface area (Å²) < 4.78 is 37.9. The van der Waals surface area contributed by atoms with Crippen LogP contribution in [0.25, 0.3) is 0 Å². The normalized spacial score (nSPS) is 13.4. The molecule has 0 unspecified atom stereocenters. The Labute approximate surface area is 123 Å². The van der Waals surface area contributed by atoms with E-state index in [1.165, 1.54) is 0 Å². The second kappa shape index (κ2) is 5.38. The zero-order chi connectivity index (χ0) is 14.9. The Morgan fingerprint density at radius 3 is 2.71 bits per heavy atom. The van der Waals surface area contributed by atoms with E-state index >= 15 is 0 Å². The van der Waals surface area contributed by atoms with E-state index in [9.17, 15) is 8.42 Å². The van der Waals surface area contributed by atoms with Crippen molar-refractivity contribution < 1.29 is 17.9 Å². The Kier molecular flexibility index (Phi) is 3.57. The van der Waals surface area contributed by atoms with Crippen molar-refractivity contribution in [3.8, 4) is 11.5 Å². The highest BCUT2D eigenvalue weighted by molar-refractivity contribution is 7.89. The van der Waals surface area contributed by atoms with Crippen molar-refractivity contribution in [2.75, 3.05) is 6.79 Å². The summed E-state index contributed by atoms with van der Waals surface area (Å²) in [7, 11) is -3.55. The van der Waals surface area contributed by atoms with E-state index in [1.54, 1.807) is 31.2 Å². The van der Waals surface area contributed by atoms with Crippen LogP contribution in [0, 0.1) is 6.92 Å². The fourth-order valence-electron chi connectivity index (χ4n) is 2.24. The predicted octanol–water partition coefficient (Wildman–Crippen LogP) is 2.20. The van der Waals surface area contributed by atoms with Crippen LogP contribution in [-0.4, -0.2) is 15.2 Å². The van der Waals surface area contributed by atoms with Gasteiger partial charge in [-0.1, -0.05) is 30.3 Å². The van der Waals surface area contributed by atoms with Gasteiger partial charge in [-0.2, -0.15) is 0 Å². The second-order valence-electron chi connectivity index (χ2n) is 4.74. The van der Waals surface area contributed by atoms with Crippen molar-refractivity contribution in [1.29, 1.82) is 0 Å². The maximum Gasteiger partial charge on any atom is 0.241 e. The smallest absolute Gasteiger partial charge is 0.241 e. The highest BCUT2D eigenvalue weighted by Crippen LogP contribution is 2.35. The molecule has 0 saturated carbocycles. The lowest BCUT2D eigenvalue weighted by atomic mass is 10.2. The third-order valence-corrected chi connectivity index (χ3v) is 4.88. The van der Waals surface area contributed by atoms with Gasteiger partial charge in [0.2, 0.25) is 16.8 Å². The quantitative estimate of drug-likeness (QED) is 0.940. The minimum absolute atomic E-state index is 0.156. The number of nitrogens with one attached hydrogen (secondary N) is 1. The van der Waals surface area contributed by atoms with Gasteiger partial charge in [-0.25, -0.2) is 13.1 Å². The summed E-state index contributed by atoms with van der Waals surface area (Å²) in [5.41, 5.74) is 1.46. The van der Waals surface area contributed by atoms with Crippen molar-refractivity contribution in [2.24, 2.45) is 0 Å². The molecular weight excluding hydrogens is 290 g/mol. The number of benzene rings is 2. The number of hydrogen-bond acceptors (Lipinski definition) is 4. The molecule has 3 rings (SSSR count). The van der Waals surface area contributed by atoms with E-state index in [4.69, 9.17) is 9.47 Å². The molecule has 2 aromatic rings. The molecule has 1 aliphatic rings. The maximum absolute atomic E-state index is 12.3. The van der Waals surface area contributed by atoms with Gasteiger partial charge in [0.05, 0.1) is 4.90 Å². The lowest BCUT2D eigenvalue weighted by molar-refractivity contribution is 0.173. The molecule has 0 fully saturated rings. The Hall–Kier alpha value is -2.05. The van der Waals surface area contributed by atoms with E-state index in [1.807, 2.05) is 18.2 Å². The first-order valence-corrected chi connectivity index (χ1v) is 7.99. The van der Waals surface area contributed by atoms with Crippen LogP contribution < -0.4 is 14.2 Å². The van der Waals surface area contributed by atoms with Crippen molar-refractivity contribution in [2.45, 2.75) is 18.4 Å². The molecule has 110 valence electrons. The SMILES string of the molecule is Cc1ccccc1S(=O)(=O)NCc1cccc2c1OCO2. The molecule has 0 radical (unpaired) electrons. The van der Waals surface area contributed by atoms with Gasteiger partial charge in [-0.05, 0) is 24.6 Å². The average Bonchev–Trinajstić information content (AvgIpc) is 2.94. The fourth-order valence-corrected chi connectivity index (χ4v) is 3.49. The summed E-state index contributed by atoms with van der Waals surface area (Å²) >= 11 is 0. The Morgan fingerprint density at radius 1 is 1.10 bits per heavy atom. The minimum Gasteiger partial charge on any atom is -0.454 e. The zero-order valence-electron chi connectivity index (χ0n) is 11.5. The van der Waals surface area contributed by atoms with E-state index in [-0.39, 0.29) is 18.2 Å². The van der Waals surface area contributed by atoms with Gasteiger partial charge in [0.25, 0.3) is 0 Å². The standard InChI is InChI=1S/C15H15NO4S/c1-11-5-2-3-8-14(11)21(17,18)16-9-12-6-4-7-13-15(12)20-10-19-13/h2-8,16H,9-10H2,1H3. The minimum atomic E-state index is -3.55. The molecular formula is C15H15NO4S. The van der Waals surface area contributed by atoms with E-state index < -0.39 is 10.0 Å². The Morgan fingerprint density at radius 2 is 1.90 bits per heavy atom. The number of aryl methyl sites for hydroxylation is 1. The van der Waals surface area contributed by atoms with Crippen LogP contribution in [0.3, 0.4) is 0 Å². The van der Waals surface area contributed by atoms with Gasteiger partial charge in [0.15, 0.2) is 11.5 Å². The van der Waals surface area contributed by atoms with Crippen LogP contribution in [-0.2, 0) is 16.6 Å². The first kappa shape index (κ1) is 13.9. The second-order valence-corrected chi connectivity index (χ2v) is 6.48. The zero-order valence-corrected chi connectivity index (χ0v) is 12.3. The third-order valence-electron chi connectivity index (χ3n) is 3.31. The first-order valence-electron chi connectivity index (χ1n) is 6.51. The van der Waals surface area contributed by atoms with Gasteiger partial charge in [0, 0.05) is 12.1 Å². The molecule has 0 aromatic heterocycles. The van der Waals surface area contributed by atoms with Crippen LogP contribution in [0.5, 0.6) is 11.5 Å². The van der Waals surface area contributed by atoms with Crippen LogP contribution in [0.15, 0.2) is 47.4 Å². The number of ether oxygens (including phenoxy) is 2. The van der Waals surface area contributed by atoms with Crippen molar-refractivity contribution >= 4 is 10.0 Å². The van der Waals surface area contributed by atoms with Crippen molar-refractivity contribution in [3.05, 3.63) is 53.6 Å². The topological polar surface area (TPSA) is 64.6 Å². The van der Waals surface area contributed by atoms with Gasteiger partial charge >= 0.3 is 0 Å². The van der Waals surface area contributed by atoms with E-state index in [0.29, 0.717) is 17.1 Å². The number of fused-ring (bicyclic) bond motifs is 1. The molecule has 2 aromatic carbocycles. The molecule has 5 nitrogen and oxygen atoms in total. The van der Waals surface area contributed by atoms with Gasteiger partial charge in [-0.15, -0.1) is 0 Å². The molecule has 0 amide bonds. The first-order chi connectivity index (χ1) is 10.1. The molecule has 21 heavy (non-hydrogen) atoms. The molecule has 0 saturated heterocycles. The number of rotatable bonds is 4. The van der Waals surface area contributed by atoms with Crippen LogP contribution in [0.2, 0.25) is 0 Å². The highest BCUT2D eigenvalue weighted by Gasteiger charge is 2.20. The van der Waals surface area contributed by atoms with Crippen molar-refractivity contribution in [3.63, 3.8) is 0 Å². The van der Waals surface area contributed by atoms with Gasteiger partial charge in [-0.3, -0.25) is 0 Å².